The van der Waals surface area contributed by atoms with Crippen LogP contribution >= 0.6 is 0 Å². The summed E-state index contributed by atoms with van der Waals surface area (Å²) >= 11 is 0. The molecular formula is C19H18N4. The van der Waals surface area contributed by atoms with Crippen LogP contribution in [0.4, 0.5) is 5.69 Å². The summed E-state index contributed by atoms with van der Waals surface area (Å²) in [6.07, 6.45) is 1.87. The molecule has 0 bridgehead atoms. The fourth-order valence-corrected chi connectivity index (χ4v) is 2.87. The highest BCUT2D eigenvalue weighted by Gasteiger charge is 2.15. The van der Waals surface area contributed by atoms with E-state index in [2.05, 4.69) is 34.7 Å². The van der Waals surface area contributed by atoms with Crippen molar-refractivity contribution in [3.05, 3.63) is 83.7 Å². The van der Waals surface area contributed by atoms with Gasteiger partial charge in [0.1, 0.15) is 5.69 Å². The second-order valence-electron chi connectivity index (χ2n) is 5.57. The van der Waals surface area contributed by atoms with Gasteiger partial charge in [0, 0.05) is 24.2 Å². The van der Waals surface area contributed by atoms with Gasteiger partial charge in [0.25, 0.3) is 0 Å². The van der Waals surface area contributed by atoms with E-state index in [0.717, 1.165) is 47.9 Å². The van der Waals surface area contributed by atoms with Gasteiger partial charge in [-0.3, -0.25) is 4.68 Å². The molecule has 1 aromatic heterocycles. The zero-order valence-corrected chi connectivity index (χ0v) is 12.8. The standard InChI is InChI=1S/C19H18N4/c1-3-7-15(8-4-1)19(16-9-5-2-6-10-16)22-17-13-21-23-12-11-20-14-18(17)23/h1-10,13,20H,11-12,14H2. The van der Waals surface area contributed by atoms with E-state index in [0.29, 0.717) is 0 Å². The van der Waals surface area contributed by atoms with Crippen molar-refractivity contribution in [1.29, 1.82) is 0 Å². The van der Waals surface area contributed by atoms with Gasteiger partial charge < -0.3 is 5.32 Å². The number of nitrogens with zero attached hydrogens (tertiary/aromatic N) is 3. The van der Waals surface area contributed by atoms with Gasteiger partial charge in [0.05, 0.1) is 24.1 Å². The molecule has 1 aliphatic rings. The minimum Gasteiger partial charge on any atom is -0.309 e. The molecule has 2 aromatic carbocycles. The van der Waals surface area contributed by atoms with E-state index in [1.54, 1.807) is 0 Å². The predicted molar refractivity (Wildman–Crippen MR) is 92.1 cm³/mol. The van der Waals surface area contributed by atoms with Crippen molar-refractivity contribution in [3.8, 4) is 0 Å². The normalized spacial score (nSPS) is 13.4. The molecule has 114 valence electrons. The lowest BCUT2D eigenvalue weighted by molar-refractivity contribution is 0.476. The Kier molecular flexibility index (Phi) is 3.74. The third kappa shape index (κ3) is 2.81. The van der Waals surface area contributed by atoms with Crippen LogP contribution in [0.2, 0.25) is 0 Å². The highest BCUT2D eigenvalue weighted by Crippen LogP contribution is 2.23. The fraction of sp³-hybridized carbons (Fsp3) is 0.158. The first-order valence-corrected chi connectivity index (χ1v) is 7.87. The van der Waals surface area contributed by atoms with Gasteiger partial charge in [-0.2, -0.15) is 5.10 Å². The molecule has 0 radical (unpaired) electrons. The van der Waals surface area contributed by atoms with Crippen LogP contribution in [-0.4, -0.2) is 22.0 Å². The Labute approximate surface area is 135 Å². The minimum atomic E-state index is 0.815. The average molecular weight is 302 g/mol. The van der Waals surface area contributed by atoms with Crippen LogP contribution in [0.5, 0.6) is 0 Å². The van der Waals surface area contributed by atoms with Crippen LogP contribution in [-0.2, 0) is 13.1 Å². The summed E-state index contributed by atoms with van der Waals surface area (Å²) in [5, 5.41) is 7.86. The van der Waals surface area contributed by atoms with E-state index in [-0.39, 0.29) is 0 Å². The first-order chi connectivity index (χ1) is 11.4. The lowest BCUT2D eigenvalue weighted by Gasteiger charge is -2.15. The third-order valence-electron chi connectivity index (χ3n) is 4.05. The van der Waals surface area contributed by atoms with Gasteiger partial charge in [-0.25, -0.2) is 4.99 Å². The van der Waals surface area contributed by atoms with Crippen LogP contribution in [0.1, 0.15) is 16.8 Å². The van der Waals surface area contributed by atoms with Crippen molar-refractivity contribution in [1.82, 2.24) is 15.1 Å². The molecular weight excluding hydrogens is 284 g/mol. The number of benzene rings is 2. The van der Waals surface area contributed by atoms with Crippen LogP contribution in [0.25, 0.3) is 0 Å². The van der Waals surface area contributed by atoms with Crippen LogP contribution in [0.15, 0.2) is 71.9 Å². The monoisotopic (exact) mass is 302 g/mol. The molecule has 4 rings (SSSR count). The molecule has 1 aliphatic heterocycles. The number of fused-ring (bicyclic) bond motifs is 1. The van der Waals surface area contributed by atoms with Crippen molar-refractivity contribution in [2.75, 3.05) is 6.54 Å². The van der Waals surface area contributed by atoms with Crippen molar-refractivity contribution in [2.24, 2.45) is 4.99 Å². The van der Waals surface area contributed by atoms with Gasteiger partial charge >= 0.3 is 0 Å². The van der Waals surface area contributed by atoms with Gasteiger partial charge in [0.2, 0.25) is 0 Å². The molecule has 23 heavy (non-hydrogen) atoms. The molecule has 1 N–H and O–H groups in total. The molecule has 0 amide bonds. The molecule has 0 fully saturated rings. The van der Waals surface area contributed by atoms with Crippen molar-refractivity contribution in [2.45, 2.75) is 13.1 Å². The number of hydrogen-bond acceptors (Lipinski definition) is 3. The molecule has 0 aliphatic carbocycles. The summed E-state index contributed by atoms with van der Waals surface area (Å²) in [5.74, 6) is 0. The molecule has 3 aromatic rings. The van der Waals surface area contributed by atoms with Crippen LogP contribution in [0.3, 0.4) is 0 Å². The summed E-state index contributed by atoms with van der Waals surface area (Å²) in [7, 11) is 0. The molecule has 0 spiro atoms. The molecule has 4 heteroatoms. The van der Waals surface area contributed by atoms with Crippen LogP contribution in [0, 0.1) is 0 Å². The zero-order chi connectivity index (χ0) is 15.5. The van der Waals surface area contributed by atoms with Crippen molar-refractivity contribution >= 4 is 11.4 Å². The minimum absolute atomic E-state index is 0.815. The first-order valence-electron chi connectivity index (χ1n) is 7.87. The summed E-state index contributed by atoms with van der Waals surface area (Å²) in [4.78, 5) is 4.97. The number of nitrogens with one attached hydrogen (secondary N) is 1. The zero-order valence-electron chi connectivity index (χ0n) is 12.8. The molecule has 0 unspecified atom stereocenters. The number of aliphatic imine (C=N–C) groups is 1. The number of aromatic nitrogens is 2. The highest BCUT2D eigenvalue weighted by molar-refractivity contribution is 6.13. The summed E-state index contributed by atoms with van der Waals surface area (Å²) < 4.78 is 2.04. The Morgan fingerprint density at radius 3 is 2.26 bits per heavy atom. The van der Waals surface area contributed by atoms with Crippen LogP contribution < -0.4 is 5.32 Å². The van der Waals surface area contributed by atoms with Gasteiger partial charge in [-0.15, -0.1) is 0 Å². The Morgan fingerprint density at radius 2 is 1.61 bits per heavy atom. The summed E-state index contributed by atoms with van der Waals surface area (Å²) in [6.45, 7) is 2.68. The number of rotatable bonds is 3. The molecule has 0 saturated carbocycles. The fourth-order valence-electron chi connectivity index (χ4n) is 2.87. The maximum absolute atomic E-state index is 4.97. The third-order valence-corrected chi connectivity index (χ3v) is 4.05. The van der Waals surface area contributed by atoms with E-state index in [1.165, 1.54) is 0 Å². The SMILES string of the molecule is c1ccc(C(=Nc2cnn3c2CNCC3)c2ccccc2)cc1. The first kappa shape index (κ1) is 13.9. The Hall–Kier alpha value is -2.72. The van der Waals surface area contributed by atoms with E-state index in [9.17, 15) is 0 Å². The summed E-state index contributed by atoms with van der Waals surface area (Å²) in [5.41, 5.74) is 5.30. The molecule has 0 atom stereocenters. The van der Waals surface area contributed by atoms with E-state index >= 15 is 0 Å². The maximum Gasteiger partial charge on any atom is 0.106 e. The largest absolute Gasteiger partial charge is 0.309 e. The highest BCUT2D eigenvalue weighted by atomic mass is 15.3. The molecule has 4 nitrogen and oxygen atoms in total. The molecule has 0 saturated heterocycles. The van der Waals surface area contributed by atoms with Gasteiger partial charge in [-0.05, 0) is 0 Å². The topological polar surface area (TPSA) is 42.2 Å². The Bertz CT molecular complexity index is 778. The van der Waals surface area contributed by atoms with Crippen molar-refractivity contribution in [3.63, 3.8) is 0 Å². The number of hydrogen-bond donors (Lipinski definition) is 1. The lowest BCUT2D eigenvalue weighted by atomic mass is 10.0. The quantitative estimate of drug-likeness (QED) is 0.755. The van der Waals surface area contributed by atoms with Gasteiger partial charge in [0.15, 0.2) is 0 Å². The predicted octanol–water partition coefficient (Wildman–Crippen LogP) is 3.16. The van der Waals surface area contributed by atoms with E-state index in [4.69, 9.17) is 4.99 Å². The maximum atomic E-state index is 4.97. The lowest BCUT2D eigenvalue weighted by Crippen LogP contribution is -2.28. The Morgan fingerprint density at radius 1 is 0.957 bits per heavy atom. The van der Waals surface area contributed by atoms with E-state index in [1.807, 2.05) is 47.3 Å². The second-order valence-corrected chi connectivity index (χ2v) is 5.57. The average Bonchev–Trinajstić information content (AvgIpc) is 3.04. The van der Waals surface area contributed by atoms with E-state index < -0.39 is 0 Å². The molecule has 2 heterocycles. The Balaban J connectivity index is 1.84. The van der Waals surface area contributed by atoms with Crippen molar-refractivity contribution < 1.29 is 0 Å². The van der Waals surface area contributed by atoms with Gasteiger partial charge in [-0.1, -0.05) is 60.7 Å². The summed E-state index contributed by atoms with van der Waals surface area (Å²) in [6, 6.07) is 20.6. The smallest absolute Gasteiger partial charge is 0.106 e. The second kappa shape index (κ2) is 6.18.